The Morgan fingerprint density at radius 1 is 1.07 bits per heavy atom. The van der Waals surface area contributed by atoms with Gasteiger partial charge in [0.1, 0.15) is 6.04 Å². The summed E-state index contributed by atoms with van der Waals surface area (Å²) >= 11 is 3.01. The number of hydrogen-bond acceptors (Lipinski definition) is 7. The van der Waals surface area contributed by atoms with E-state index >= 15 is 0 Å². The molecule has 0 radical (unpaired) electrons. The number of hydrogen-bond donors (Lipinski definition) is 2. The van der Waals surface area contributed by atoms with Gasteiger partial charge < -0.3 is 10.1 Å². The van der Waals surface area contributed by atoms with Crippen molar-refractivity contribution in [3.63, 3.8) is 0 Å². The summed E-state index contributed by atoms with van der Waals surface area (Å²) < 4.78 is 32.5. The number of esters is 1. The van der Waals surface area contributed by atoms with E-state index in [1.165, 1.54) is 35.7 Å². The van der Waals surface area contributed by atoms with Crippen LogP contribution in [0.1, 0.15) is 6.42 Å². The molecule has 30 heavy (non-hydrogen) atoms. The molecule has 0 saturated carbocycles. The maximum atomic E-state index is 12.5. The third-order valence-corrected chi connectivity index (χ3v) is 6.80. The molecule has 0 aliphatic rings. The number of amides is 1. The zero-order valence-electron chi connectivity index (χ0n) is 16.7. The topological polar surface area (TPSA) is 102 Å². The smallest absolute Gasteiger partial charge is 0.324 e. The average molecular weight is 469 g/mol. The summed E-state index contributed by atoms with van der Waals surface area (Å²) in [5, 5.41) is 2.66. The van der Waals surface area contributed by atoms with E-state index in [9.17, 15) is 18.0 Å². The molecule has 7 nitrogen and oxygen atoms in total. The Morgan fingerprint density at radius 2 is 1.80 bits per heavy atom. The minimum atomic E-state index is -3.89. The summed E-state index contributed by atoms with van der Waals surface area (Å²) in [6.45, 7) is -0.509. The molecular formula is C20H24N2O5S3. The number of rotatable bonds is 11. The fraction of sp³-hybridized carbons (Fsp3) is 0.300. The lowest BCUT2D eigenvalue weighted by atomic mass is 10.2. The number of anilines is 1. The van der Waals surface area contributed by atoms with Crippen molar-refractivity contribution in [2.24, 2.45) is 0 Å². The number of carbonyl (C=O) groups excluding carboxylic acids is 2. The molecule has 0 saturated heterocycles. The second-order valence-corrected chi connectivity index (χ2v) is 9.74. The number of carbonyl (C=O) groups is 2. The molecule has 0 spiro atoms. The van der Waals surface area contributed by atoms with E-state index in [0.29, 0.717) is 11.4 Å². The highest BCUT2D eigenvalue weighted by Crippen LogP contribution is 2.19. The zero-order chi connectivity index (χ0) is 22.0. The number of nitrogens with one attached hydrogen (secondary N) is 2. The summed E-state index contributed by atoms with van der Waals surface area (Å²) in [5.41, 5.74) is 0.589. The van der Waals surface area contributed by atoms with Crippen LogP contribution in [0.15, 0.2) is 64.4 Å². The first-order valence-electron chi connectivity index (χ1n) is 9.02. The van der Waals surface area contributed by atoms with Crippen molar-refractivity contribution in [2.75, 3.05) is 30.2 Å². The average Bonchev–Trinajstić information content (AvgIpc) is 2.75. The first-order valence-corrected chi connectivity index (χ1v) is 13.1. The summed E-state index contributed by atoms with van der Waals surface area (Å²) in [6, 6.07) is 13.9. The molecule has 2 aromatic rings. The molecule has 10 heteroatoms. The molecule has 0 heterocycles. The van der Waals surface area contributed by atoms with Crippen molar-refractivity contribution < 1.29 is 22.7 Å². The van der Waals surface area contributed by atoms with E-state index in [4.69, 9.17) is 4.74 Å². The Bertz CT molecular complexity index is 952. The molecule has 0 fully saturated rings. The molecule has 0 aliphatic carbocycles. The number of ether oxygens (including phenoxy) is 1. The van der Waals surface area contributed by atoms with Gasteiger partial charge in [0.15, 0.2) is 6.61 Å². The summed E-state index contributed by atoms with van der Waals surface area (Å²) in [4.78, 5) is 25.6. The second-order valence-electron chi connectivity index (χ2n) is 6.16. The third-order valence-electron chi connectivity index (χ3n) is 3.95. The highest BCUT2D eigenvalue weighted by molar-refractivity contribution is 7.98. The monoisotopic (exact) mass is 468 g/mol. The molecule has 1 amide bonds. The SMILES string of the molecule is CSCCC(NS(=O)(=O)c1ccccc1)C(=O)OCC(=O)Nc1cccc(SC)c1. The number of benzene rings is 2. The molecule has 162 valence electrons. The minimum Gasteiger partial charge on any atom is -0.454 e. The number of thioether (sulfide) groups is 2. The molecule has 0 aliphatic heterocycles. The fourth-order valence-corrected chi connectivity index (χ4v) is 4.62. The molecule has 2 N–H and O–H groups in total. The molecule has 2 rings (SSSR count). The van der Waals surface area contributed by atoms with Gasteiger partial charge in [-0.2, -0.15) is 16.5 Å². The van der Waals surface area contributed by atoms with E-state index in [2.05, 4.69) is 10.0 Å². The largest absolute Gasteiger partial charge is 0.454 e. The fourth-order valence-electron chi connectivity index (χ4n) is 2.45. The van der Waals surface area contributed by atoms with Crippen molar-refractivity contribution in [1.82, 2.24) is 4.72 Å². The van der Waals surface area contributed by atoms with Crippen LogP contribution in [0.25, 0.3) is 0 Å². The quantitative estimate of drug-likeness (QED) is 0.386. The summed E-state index contributed by atoms with van der Waals surface area (Å²) in [5.74, 6) is -0.752. The van der Waals surface area contributed by atoms with Gasteiger partial charge in [-0.25, -0.2) is 8.42 Å². The van der Waals surface area contributed by atoms with Gasteiger partial charge in [-0.3, -0.25) is 9.59 Å². The van der Waals surface area contributed by atoms with Crippen LogP contribution in [-0.4, -0.2) is 51.2 Å². The van der Waals surface area contributed by atoms with Gasteiger partial charge in [-0.1, -0.05) is 24.3 Å². The Hall–Kier alpha value is -2.01. The highest BCUT2D eigenvalue weighted by Gasteiger charge is 2.27. The molecular weight excluding hydrogens is 444 g/mol. The summed E-state index contributed by atoms with van der Waals surface area (Å²) in [7, 11) is -3.89. The van der Waals surface area contributed by atoms with Gasteiger partial charge in [0, 0.05) is 10.6 Å². The van der Waals surface area contributed by atoms with Crippen LogP contribution in [0.4, 0.5) is 5.69 Å². The van der Waals surface area contributed by atoms with Crippen molar-refractivity contribution in [2.45, 2.75) is 22.3 Å². The summed E-state index contributed by atoms with van der Waals surface area (Å²) in [6.07, 6.45) is 4.02. The van der Waals surface area contributed by atoms with E-state index in [1.807, 2.05) is 24.6 Å². The Kier molecular flexibility index (Phi) is 9.70. The third kappa shape index (κ3) is 7.67. The van der Waals surface area contributed by atoms with Crippen LogP contribution in [0.3, 0.4) is 0 Å². The van der Waals surface area contributed by atoms with Gasteiger partial charge in [0.25, 0.3) is 5.91 Å². The second kappa shape index (κ2) is 12.0. The van der Waals surface area contributed by atoms with Crippen LogP contribution in [0.5, 0.6) is 0 Å². The van der Waals surface area contributed by atoms with Crippen molar-refractivity contribution in [1.29, 1.82) is 0 Å². The van der Waals surface area contributed by atoms with E-state index in [1.54, 1.807) is 30.3 Å². The van der Waals surface area contributed by atoms with Crippen LogP contribution in [0.2, 0.25) is 0 Å². The van der Waals surface area contributed by atoms with Gasteiger partial charge >= 0.3 is 5.97 Å². The van der Waals surface area contributed by atoms with Crippen molar-refractivity contribution in [3.8, 4) is 0 Å². The zero-order valence-corrected chi connectivity index (χ0v) is 19.1. The Labute approximate surface area is 185 Å². The van der Waals surface area contributed by atoms with E-state index < -0.39 is 34.5 Å². The first kappa shape index (κ1) is 24.3. The lowest BCUT2D eigenvalue weighted by molar-refractivity contribution is -0.149. The normalized spacial score (nSPS) is 12.2. The van der Waals surface area contributed by atoms with E-state index in [0.717, 1.165) is 4.90 Å². The molecule has 2 aromatic carbocycles. The predicted molar refractivity (Wildman–Crippen MR) is 121 cm³/mol. The molecule has 0 aromatic heterocycles. The number of sulfonamides is 1. The maximum absolute atomic E-state index is 12.5. The lowest BCUT2D eigenvalue weighted by Gasteiger charge is -2.17. The van der Waals surface area contributed by atoms with Crippen molar-refractivity contribution >= 4 is 51.1 Å². The van der Waals surface area contributed by atoms with Crippen LogP contribution >= 0.6 is 23.5 Å². The van der Waals surface area contributed by atoms with E-state index in [-0.39, 0.29) is 11.3 Å². The van der Waals surface area contributed by atoms with Crippen LogP contribution in [0, 0.1) is 0 Å². The van der Waals surface area contributed by atoms with Gasteiger partial charge in [-0.05, 0) is 55.0 Å². The Morgan fingerprint density at radius 3 is 2.47 bits per heavy atom. The minimum absolute atomic E-state index is 0.0540. The first-order chi connectivity index (χ1) is 14.4. The van der Waals surface area contributed by atoms with Crippen LogP contribution in [-0.2, 0) is 24.3 Å². The van der Waals surface area contributed by atoms with Crippen molar-refractivity contribution in [3.05, 3.63) is 54.6 Å². The Balaban J connectivity index is 1.98. The van der Waals surface area contributed by atoms with Gasteiger partial charge in [0.05, 0.1) is 4.90 Å². The molecule has 1 atom stereocenters. The predicted octanol–water partition coefficient (Wildman–Crippen LogP) is 2.99. The lowest BCUT2D eigenvalue weighted by Crippen LogP contribution is -2.43. The van der Waals surface area contributed by atoms with Crippen LogP contribution < -0.4 is 10.0 Å². The maximum Gasteiger partial charge on any atom is 0.324 e. The highest BCUT2D eigenvalue weighted by atomic mass is 32.2. The molecule has 1 unspecified atom stereocenters. The van der Waals surface area contributed by atoms with Gasteiger partial charge in [-0.15, -0.1) is 11.8 Å². The van der Waals surface area contributed by atoms with Gasteiger partial charge in [0.2, 0.25) is 10.0 Å². The standard InChI is InChI=1S/C20H24N2O5S3/c1-28-12-11-18(22-30(25,26)17-9-4-3-5-10-17)20(24)27-14-19(23)21-15-7-6-8-16(13-15)29-2/h3-10,13,18,22H,11-12,14H2,1-2H3,(H,21,23). The molecule has 0 bridgehead atoms.